The second-order valence-electron chi connectivity index (χ2n) is 4.96. The van der Waals surface area contributed by atoms with Crippen LogP contribution in [0.3, 0.4) is 0 Å². The summed E-state index contributed by atoms with van der Waals surface area (Å²) in [7, 11) is -3.23. The molecule has 1 fully saturated rings. The fourth-order valence-electron chi connectivity index (χ4n) is 2.27. The van der Waals surface area contributed by atoms with Crippen molar-refractivity contribution in [2.24, 2.45) is 0 Å². The maximum atomic E-state index is 11.7. The van der Waals surface area contributed by atoms with Crippen LogP contribution in [0, 0.1) is 11.3 Å². The molecule has 0 aromatic rings. The Morgan fingerprint density at radius 2 is 2.00 bits per heavy atom. The van der Waals surface area contributed by atoms with E-state index in [-0.39, 0.29) is 11.8 Å². The van der Waals surface area contributed by atoms with E-state index in [9.17, 15) is 8.42 Å². The van der Waals surface area contributed by atoms with Crippen molar-refractivity contribution < 1.29 is 8.42 Å². The molecule has 1 rings (SSSR count). The lowest BCUT2D eigenvalue weighted by molar-refractivity contribution is 0.215. The van der Waals surface area contributed by atoms with Gasteiger partial charge in [-0.05, 0) is 39.3 Å². The Bertz CT molecular complexity index is 369. The Balaban J connectivity index is 2.29. The Morgan fingerprint density at radius 3 is 2.61 bits per heavy atom. The van der Waals surface area contributed by atoms with E-state index in [4.69, 9.17) is 5.26 Å². The van der Waals surface area contributed by atoms with Crippen LogP contribution in [0.15, 0.2) is 0 Å². The number of hydrogen-bond donors (Lipinski definition) is 1. The zero-order chi connectivity index (χ0) is 13.4. The van der Waals surface area contributed by atoms with Crippen LogP contribution in [0.2, 0.25) is 0 Å². The SMILES string of the molecule is C[C@H](CN1CCCCC1)NS(=O)(=O)CCCC#N. The summed E-state index contributed by atoms with van der Waals surface area (Å²) in [6.45, 7) is 4.81. The molecule has 1 atom stereocenters. The van der Waals surface area contributed by atoms with Crippen molar-refractivity contribution in [2.75, 3.05) is 25.4 Å². The minimum atomic E-state index is -3.23. The highest BCUT2D eigenvalue weighted by Gasteiger charge is 2.18. The van der Waals surface area contributed by atoms with Crippen molar-refractivity contribution in [1.29, 1.82) is 5.26 Å². The normalized spacial score (nSPS) is 19.3. The largest absolute Gasteiger partial charge is 0.302 e. The van der Waals surface area contributed by atoms with Gasteiger partial charge in [0, 0.05) is 19.0 Å². The molecule has 0 aromatic carbocycles. The lowest BCUT2D eigenvalue weighted by atomic mass is 10.1. The molecular formula is C12H23N3O2S. The van der Waals surface area contributed by atoms with E-state index in [1.54, 1.807) is 0 Å². The van der Waals surface area contributed by atoms with Crippen LogP contribution in [-0.2, 0) is 10.0 Å². The molecule has 1 heterocycles. The van der Waals surface area contributed by atoms with Crippen molar-refractivity contribution >= 4 is 10.0 Å². The number of nitrogens with one attached hydrogen (secondary N) is 1. The van der Waals surface area contributed by atoms with E-state index in [1.807, 2.05) is 13.0 Å². The second kappa shape index (κ2) is 7.72. The van der Waals surface area contributed by atoms with Crippen molar-refractivity contribution in [3.05, 3.63) is 0 Å². The van der Waals surface area contributed by atoms with Gasteiger partial charge in [-0.15, -0.1) is 0 Å². The first-order chi connectivity index (χ1) is 8.53. The summed E-state index contributed by atoms with van der Waals surface area (Å²) >= 11 is 0. The minimum Gasteiger partial charge on any atom is -0.302 e. The van der Waals surface area contributed by atoms with Crippen LogP contribution >= 0.6 is 0 Å². The maximum absolute atomic E-state index is 11.7. The molecule has 5 nitrogen and oxygen atoms in total. The number of rotatable bonds is 7. The van der Waals surface area contributed by atoms with Gasteiger partial charge in [-0.3, -0.25) is 0 Å². The van der Waals surface area contributed by atoms with Crippen LogP contribution in [0.1, 0.15) is 39.0 Å². The Hall–Kier alpha value is -0.640. The third kappa shape index (κ3) is 6.34. The highest BCUT2D eigenvalue weighted by molar-refractivity contribution is 7.89. The van der Waals surface area contributed by atoms with Crippen molar-refractivity contribution in [3.8, 4) is 6.07 Å². The van der Waals surface area contributed by atoms with Crippen LogP contribution in [-0.4, -0.2) is 44.7 Å². The summed E-state index contributed by atoms with van der Waals surface area (Å²) in [5, 5.41) is 8.39. The van der Waals surface area contributed by atoms with Crippen molar-refractivity contribution in [1.82, 2.24) is 9.62 Å². The first-order valence-corrected chi connectivity index (χ1v) is 8.28. The number of hydrogen-bond acceptors (Lipinski definition) is 4. The topological polar surface area (TPSA) is 73.2 Å². The number of piperidine rings is 1. The summed E-state index contributed by atoms with van der Waals surface area (Å²) in [5.74, 6) is 0.0465. The Kier molecular flexibility index (Phi) is 6.61. The molecule has 1 aliphatic heterocycles. The van der Waals surface area contributed by atoms with Gasteiger partial charge in [-0.1, -0.05) is 6.42 Å². The Morgan fingerprint density at radius 1 is 1.33 bits per heavy atom. The van der Waals surface area contributed by atoms with Gasteiger partial charge in [0.25, 0.3) is 0 Å². The van der Waals surface area contributed by atoms with E-state index in [2.05, 4.69) is 9.62 Å². The van der Waals surface area contributed by atoms with Crippen LogP contribution in [0.5, 0.6) is 0 Å². The average molecular weight is 273 g/mol. The highest BCUT2D eigenvalue weighted by atomic mass is 32.2. The molecule has 0 bridgehead atoms. The molecule has 1 aliphatic rings. The van der Waals surface area contributed by atoms with Gasteiger partial charge >= 0.3 is 0 Å². The number of nitrogens with zero attached hydrogens (tertiary/aromatic N) is 2. The maximum Gasteiger partial charge on any atom is 0.211 e. The van der Waals surface area contributed by atoms with Gasteiger partial charge in [0.15, 0.2) is 0 Å². The van der Waals surface area contributed by atoms with Gasteiger partial charge in [0.2, 0.25) is 10.0 Å². The summed E-state index contributed by atoms with van der Waals surface area (Å²) in [4.78, 5) is 2.31. The molecule has 1 saturated heterocycles. The molecule has 0 amide bonds. The number of unbranched alkanes of at least 4 members (excludes halogenated alkanes) is 1. The van der Waals surface area contributed by atoms with E-state index in [1.165, 1.54) is 19.3 Å². The van der Waals surface area contributed by atoms with Gasteiger partial charge in [-0.2, -0.15) is 5.26 Å². The zero-order valence-electron chi connectivity index (χ0n) is 11.1. The molecule has 1 N–H and O–H groups in total. The average Bonchev–Trinajstić information content (AvgIpc) is 2.29. The van der Waals surface area contributed by atoms with Gasteiger partial charge in [-0.25, -0.2) is 13.1 Å². The molecule has 0 spiro atoms. The Labute approximate surface area is 110 Å². The summed E-state index contributed by atoms with van der Waals surface area (Å²) < 4.78 is 26.1. The molecule has 0 unspecified atom stereocenters. The lowest BCUT2D eigenvalue weighted by Crippen LogP contribution is -2.44. The molecule has 0 aliphatic carbocycles. The minimum absolute atomic E-state index is 0.0465. The van der Waals surface area contributed by atoms with E-state index >= 15 is 0 Å². The smallest absolute Gasteiger partial charge is 0.211 e. The lowest BCUT2D eigenvalue weighted by Gasteiger charge is -2.29. The van der Waals surface area contributed by atoms with E-state index < -0.39 is 10.0 Å². The fraction of sp³-hybridized carbons (Fsp3) is 0.917. The molecular weight excluding hydrogens is 250 g/mol. The molecule has 0 aromatic heterocycles. The number of sulfonamides is 1. The predicted octanol–water partition coefficient (Wildman–Crippen LogP) is 1.08. The molecule has 0 radical (unpaired) electrons. The van der Waals surface area contributed by atoms with Gasteiger partial charge < -0.3 is 4.90 Å². The summed E-state index contributed by atoms with van der Waals surface area (Å²) in [5.41, 5.74) is 0. The van der Waals surface area contributed by atoms with Crippen LogP contribution in [0.4, 0.5) is 0 Å². The quantitative estimate of drug-likeness (QED) is 0.705. The summed E-state index contributed by atoms with van der Waals surface area (Å²) in [6.07, 6.45) is 4.40. The number of likely N-dealkylation sites (tertiary alicyclic amines) is 1. The summed E-state index contributed by atoms with van der Waals surface area (Å²) in [6, 6.07) is 1.90. The standard InChI is InChI=1S/C12H23N3O2S/c1-12(11-15-8-4-2-5-9-15)14-18(16,17)10-6-3-7-13/h12,14H,2-6,8-11H2,1H3/t12-/m1/s1. The van der Waals surface area contributed by atoms with Crippen molar-refractivity contribution in [2.45, 2.75) is 45.1 Å². The van der Waals surface area contributed by atoms with Crippen molar-refractivity contribution in [3.63, 3.8) is 0 Å². The van der Waals surface area contributed by atoms with E-state index in [0.29, 0.717) is 12.8 Å². The number of nitriles is 1. The van der Waals surface area contributed by atoms with Crippen LogP contribution < -0.4 is 4.72 Å². The third-order valence-corrected chi connectivity index (χ3v) is 4.65. The molecule has 0 saturated carbocycles. The first kappa shape index (κ1) is 15.4. The van der Waals surface area contributed by atoms with E-state index in [0.717, 1.165) is 19.6 Å². The van der Waals surface area contributed by atoms with Crippen LogP contribution in [0.25, 0.3) is 0 Å². The molecule has 18 heavy (non-hydrogen) atoms. The highest BCUT2D eigenvalue weighted by Crippen LogP contribution is 2.09. The molecule has 104 valence electrons. The van der Waals surface area contributed by atoms with Gasteiger partial charge in [0.05, 0.1) is 11.8 Å². The fourth-order valence-corrected chi connectivity index (χ4v) is 3.60. The molecule has 6 heteroatoms. The van der Waals surface area contributed by atoms with Gasteiger partial charge in [0.1, 0.15) is 0 Å². The zero-order valence-corrected chi connectivity index (χ0v) is 11.9. The monoisotopic (exact) mass is 273 g/mol. The third-order valence-electron chi connectivity index (χ3n) is 3.06. The first-order valence-electron chi connectivity index (χ1n) is 6.63. The predicted molar refractivity (Wildman–Crippen MR) is 71.5 cm³/mol. The second-order valence-corrected chi connectivity index (χ2v) is 6.83.